The lowest BCUT2D eigenvalue weighted by Crippen LogP contribution is -2.21. The highest BCUT2D eigenvalue weighted by molar-refractivity contribution is 5.50. The van der Waals surface area contributed by atoms with Gasteiger partial charge in [-0.05, 0) is 33.8 Å². The molecular weight excluding hydrogens is 283 g/mol. The van der Waals surface area contributed by atoms with E-state index in [1.54, 1.807) is 10.9 Å². The van der Waals surface area contributed by atoms with Gasteiger partial charge >= 0.3 is 6.18 Å². The van der Waals surface area contributed by atoms with Gasteiger partial charge in [-0.2, -0.15) is 18.3 Å². The number of anilines is 2. The first kappa shape index (κ1) is 15.3. The van der Waals surface area contributed by atoms with Gasteiger partial charge < -0.3 is 5.32 Å². The fourth-order valence-corrected chi connectivity index (χ4v) is 1.65. The Labute approximate surface area is 120 Å². The van der Waals surface area contributed by atoms with Crippen LogP contribution in [0.15, 0.2) is 18.5 Å². The van der Waals surface area contributed by atoms with Crippen LogP contribution in [0.4, 0.5) is 24.8 Å². The van der Waals surface area contributed by atoms with E-state index in [2.05, 4.69) is 20.4 Å². The number of rotatable bonds is 2. The average molecular weight is 299 g/mol. The Hall–Kier alpha value is -2.12. The van der Waals surface area contributed by atoms with Crippen molar-refractivity contribution in [3.8, 4) is 0 Å². The summed E-state index contributed by atoms with van der Waals surface area (Å²) in [7, 11) is 0. The number of nitrogens with zero attached hydrogens (tertiary/aromatic N) is 4. The van der Waals surface area contributed by atoms with Crippen LogP contribution in [0.5, 0.6) is 0 Å². The third-order valence-corrected chi connectivity index (χ3v) is 2.67. The van der Waals surface area contributed by atoms with Gasteiger partial charge in [0, 0.05) is 11.9 Å². The van der Waals surface area contributed by atoms with Crippen molar-refractivity contribution in [2.24, 2.45) is 0 Å². The molecule has 0 amide bonds. The van der Waals surface area contributed by atoms with Crippen molar-refractivity contribution in [1.29, 1.82) is 0 Å². The van der Waals surface area contributed by atoms with Gasteiger partial charge in [0.1, 0.15) is 5.69 Å². The number of hydrogen-bond acceptors (Lipinski definition) is 4. The van der Waals surface area contributed by atoms with Crippen molar-refractivity contribution in [3.63, 3.8) is 0 Å². The normalized spacial score (nSPS) is 12.5. The Kier molecular flexibility index (Phi) is 3.65. The minimum atomic E-state index is -4.50. The summed E-state index contributed by atoms with van der Waals surface area (Å²) in [6.07, 6.45) is -1.29. The molecule has 114 valence electrons. The van der Waals surface area contributed by atoms with Crippen LogP contribution in [0.1, 0.15) is 32.2 Å². The van der Waals surface area contributed by atoms with Gasteiger partial charge in [0.15, 0.2) is 0 Å². The molecule has 8 heteroatoms. The molecule has 1 N–H and O–H groups in total. The fraction of sp³-hybridized carbons (Fsp3) is 0.462. The summed E-state index contributed by atoms with van der Waals surface area (Å²) < 4.78 is 39.8. The quantitative estimate of drug-likeness (QED) is 0.922. The molecule has 0 aromatic carbocycles. The minimum Gasteiger partial charge on any atom is -0.321 e. The van der Waals surface area contributed by atoms with Gasteiger partial charge in [0.2, 0.25) is 5.95 Å². The van der Waals surface area contributed by atoms with Gasteiger partial charge in [-0.15, -0.1) is 0 Å². The zero-order valence-corrected chi connectivity index (χ0v) is 12.2. The van der Waals surface area contributed by atoms with Crippen molar-refractivity contribution in [2.75, 3.05) is 5.32 Å². The van der Waals surface area contributed by atoms with E-state index in [1.807, 2.05) is 20.8 Å². The zero-order valence-electron chi connectivity index (χ0n) is 12.2. The predicted octanol–water partition coefficient (Wildman–Crippen LogP) is 3.50. The lowest BCUT2D eigenvalue weighted by molar-refractivity contribution is -0.141. The Morgan fingerprint density at radius 1 is 1.14 bits per heavy atom. The number of halogens is 3. The molecule has 0 unspecified atom stereocenters. The molecule has 2 heterocycles. The van der Waals surface area contributed by atoms with Gasteiger partial charge in [0.25, 0.3) is 0 Å². The summed E-state index contributed by atoms with van der Waals surface area (Å²) in [4.78, 5) is 7.44. The zero-order chi connectivity index (χ0) is 15.8. The lowest BCUT2D eigenvalue weighted by Gasteiger charge is -2.18. The molecule has 0 radical (unpaired) electrons. The molecule has 0 saturated carbocycles. The van der Waals surface area contributed by atoms with Gasteiger partial charge in [-0.1, -0.05) is 0 Å². The molecule has 0 aliphatic carbocycles. The van der Waals surface area contributed by atoms with Crippen LogP contribution in [-0.2, 0) is 11.7 Å². The topological polar surface area (TPSA) is 55.6 Å². The Morgan fingerprint density at radius 2 is 1.81 bits per heavy atom. The first-order chi connectivity index (χ1) is 9.55. The molecule has 0 bridgehead atoms. The molecule has 2 aromatic rings. The van der Waals surface area contributed by atoms with Crippen LogP contribution in [0.2, 0.25) is 0 Å². The molecule has 0 atom stereocenters. The van der Waals surface area contributed by atoms with Gasteiger partial charge in [-0.3, -0.25) is 4.68 Å². The molecule has 21 heavy (non-hydrogen) atoms. The van der Waals surface area contributed by atoms with E-state index in [9.17, 15) is 13.2 Å². The lowest BCUT2D eigenvalue weighted by atomic mass is 10.1. The second-order valence-electron chi connectivity index (χ2n) is 5.69. The smallest absolute Gasteiger partial charge is 0.321 e. The molecule has 0 saturated heterocycles. The maximum absolute atomic E-state index is 12.7. The highest BCUT2D eigenvalue weighted by atomic mass is 19.4. The molecule has 5 nitrogen and oxygen atoms in total. The number of hydrogen-bond donors (Lipinski definition) is 1. The third kappa shape index (κ3) is 3.71. The standard InChI is InChI=1S/C13H16F3N5/c1-8-5-10(13(14,15)16)20-11(18-8)19-9-6-17-21(7-9)12(2,3)4/h5-7H,1-4H3,(H,18,19,20). The summed E-state index contributed by atoms with van der Waals surface area (Å²) in [5.41, 5.74) is -0.419. The maximum Gasteiger partial charge on any atom is 0.433 e. The molecule has 0 spiro atoms. The van der Waals surface area contributed by atoms with Crippen molar-refractivity contribution in [1.82, 2.24) is 19.7 Å². The fourth-order valence-electron chi connectivity index (χ4n) is 1.65. The summed E-state index contributed by atoms with van der Waals surface area (Å²) >= 11 is 0. The van der Waals surface area contributed by atoms with Crippen LogP contribution in [0.3, 0.4) is 0 Å². The van der Waals surface area contributed by atoms with Crippen molar-refractivity contribution >= 4 is 11.6 Å². The van der Waals surface area contributed by atoms with Crippen molar-refractivity contribution < 1.29 is 13.2 Å². The van der Waals surface area contributed by atoms with Crippen LogP contribution >= 0.6 is 0 Å². The number of alkyl halides is 3. The van der Waals surface area contributed by atoms with Crippen LogP contribution < -0.4 is 5.32 Å². The largest absolute Gasteiger partial charge is 0.433 e. The molecule has 2 rings (SSSR count). The Morgan fingerprint density at radius 3 is 2.33 bits per heavy atom. The average Bonchev–Trinajstić information content (AvgIpc) is 2.75. The second-order valence-corrected chi connectivity index (χ2v) is 5.69. The summed E-state index contributed by atoms with van der Waals surface area (Å²) in [6.45, 7) is 7.39. The number of aromatic nitrogens is 4. The number of aryl methyl sites for hydroxylation is 1. The van der Waals surface area contributed by atoms with E-state index >= 15 is 0 Å². The van der Waals surface area contributed by atoms with Crippen molar-refractivity contribution in [2.45, 2.75) is 39.4 Å². The predicted molar refractivity (Wildman–Crippen MR) is 72.3 cm³/mol. The Balaban J connectivity index is 2.28. The molecule has 2 aromatic heterocycles. The summed E-state index contributed by atoms with van der Waals surface area (Å²) in [5, 5.41) is 6.90. The molecule has 0 aliphatic rings. The maximum atomic E-state index is 12.7. The van der Waals surface area contributed by atoms with E-state index < -0.39 is 11.9 Å². The van der Waals surface area contributed by atoms with Crippen LogP contribution in [0.25, 0.3) is 0 Å². The molecule has 0 aliphatic heterocycles. The first-order valence-corrected chi connectivity index (χ1v) is 6.31. The van der Waals surface area contributed by atoms with E-state index in [0.29, 0.717) is 5.69 Å². The van der Waals surface area contributed by atoms with Crippen LogP contribution in [0, 0.1) is 6.92 Å². The van der Waals surface area contributed by atoms with E-state index in [-0.39, 0.29) is 17.2 Å². The highest BCUT2D eigenvalue weighted by Crippen LogP contribution is 2.29. The summed E-state index contributed by atoms with van der Waals surface area (Å²) in [6, 6.07) is 0.907. The van der Waals surface area contributed by atoms with E-state index in [4.69, 9.17) is 0 Å². The van der Waals surface area contributed by atoms with E-state index in [1.165, 1.54) is 13.1 Å². The van der Waals surface area contributed by atoms with E-state index in [0.717, 1.165) is 6.07 Å². The second kappa shape index (κ2) is 5.01. The molecule has 0 fully saturated rings. The monoisotopic (exact) mass is 299 g/mol. The van der Waals surface area contributed by atoms with Gasteiger partial charge in [-0.25, -0.2) is 9.97 Å². The Bertz CT molecular complexity index is 640. The van der Waals surface area contributed by atoms with Crippen molar-refractivity contribution in [3.05, 3.63) is 29.8 Å². The third-order valence-electron chi connectivity index (χ3n) is 2.67. The summed E-state index contributed by atoms with van der Waals surface area (Å²) in [5.74, 6) is -0.101. The minimum absolute atomic E-state index is 0.101. The first-order valence-electron chi connectivity index (χ1n) is 6.31. The molecular formula is C13H16F3N5. The number of nitrogens with one attached hydrogen (secondary N) is 1. The highest BCUT2D eigenvalue weighted by Gasteiger charge is 2.33. The van der Waals surface area contributed by atoms with Gasteiger partial charge in [0.05, 0.1) is 17.4 Å². The van der Waals surface area contributed by atoms with Crippen LogP contribution in [-0.4, -0.2) is 19.7 Å². The SMILES string of the molecule is Cc1cc(C(F)(F)F)nc(Nc2cnn(C(C)(C)C)c2)n1.